The van der Waals surface area contributed by atoms with Gasteiger partial charge in [-0.1, -0.05) is 53.3 Å². The number of nitrogens with zero attached hydrogens (tertiary/aromatic N) is 6. The van der Waals surface area contributed by atoms with Crippen LogP contribution in [0.25, 0.3) is 22.8 Å². The summed E-state index contributed by atoms with van der Waals surface area (Å²) in [5.41, 5.74) is 2.66. The van der Waals surface area contributed by atoms with Crippen LogP contribution in [0.1, 0.15) is 11.5 Å². The number of thioether (sulfide) groups is 1. The van der Waals surface area contributed by atoms with Gasteiger partial charge in [0, 0.05) is 30.3 Å². The first-order valence-electron chi connectivity index (χ1n) is 8.68. The zero-order valence-electron chi connectivity index (χ0n) is 15.6. The van der Waals surface area contributed by atoms with Crippen molar-refractivity contribution in [1.29, 1.82) is 0 Å². The second-order valence-corrected chi connectivity index (χ2v) is 7.23. The summed E-state index contributed by atoms with van der Waals surface area (Å²) in [7, 11) is 1.91. The fourth-order valence-electron chi connectivity index (χ4n) is 2.81. The lowest BCUT2D eigenvalue weighted by molar-refractivity contribution is -0.384. The summed E-state index contributed by atoms with van der Waals surface area (Å²) in [6, 6.07) is 14.1. The molecule has 0 atom stereocenters. The van der Waals surface area contributed by atoms with E-state index in [1.807, 2.05) is 42.8 Å². The molecule has 0 unspecified atom stereocenters. The highest BCUT2D eigenvalue weighted by Crippen LogP contribution is 2.27. The molecule has 0 N–H and O–H groups in total. The molecule has 0 spiro atoms. The predicted molar refractivity (Wildman–Crippen MR) is 107 cm³/mol. The third kappa shape index (κ3) is 3.87. The third-order valence-corrected chi connectivity index (χ3v) is 5.33. The topological polar surface area (TPSA) is 113 Å². The average Bonchev–Trinajstić information content (AvgIpc) is 3.34. The summed E-state index contributed by atoms with van der Waals surface area (Å²) >= 11 is 1.42. The summed E-state index contributed by atoms with van der Waals surface area (Å²) in [6.45, 7) is 2.03. The fourth-order valence-corrected chi connectivity index (χ4v) is 3.56. The molecule has 0 bridgehead atoms. The van der Waals surface area contributed by atoms with E-state index in [0.717, 1.165) is 22.1 Å². The number of aryl methyl sites for hydroxylation is 1. The number of rotatable bonds is 6. The standard InChI is InChI=1S/C19H16N6O3S/c1-12-6-3-4-9-15(12)18-21-22-19(24(18)2)29-11-16-20-17(23-28-16)13-7-5-8-14(10-13)25(26)27/h3-10H,11H2,1-2H3. The molecule has 9 nitrogen and oxygen atoms in total. The Labute approximate surface area is 169 Å². The van der Waals surface area contributed by atoms with Crippen LogP contribution in [0.4, 0.5) is 5.69 Å². The van der Waals surface area contributed by atoms with E-state index in [2.05, 4.69) is 20.3 Å². The van der Waals surface area contributed by atoms with Crippen molar-refractivity contribution < 1.29 is 9.45 Å². The molecule has 0 amide bonds. The number of non-ortho nitro benzene ring substituents is 1. The lowest BCUT2D eigenvalue weighted by Crippen LogP contribution is -1.96. The van der Waals surface area contributed by atoms with E-state index in [1.54, 1.807) is 12.1 Å². The molecule has 10 heteroatoms. The first-order valence-corrected chi connectivity index (χ1v) is 9.67. The van der Waals surface area contributed by atoms with Gasteiger partial charge < -0.3 is 9.09 Å². The Hall–Kier alpha value is -3.53. The fraction of sp³-hybridized carbons (Fsp3) is 0.158. The van der Waals surface area contributed by atoms with Crippen molar-refractivity contribution in [3.8, 4) is 22.8 Å². The van der Waals surface area contributed by atoms with Gasteiger partial charge in [-0.25, -0.2) is 0 Å². The summed E-state index contributed by atoms with van der Waals surface area (Å²) in [5, 5.41) is 24.1. The van der Waals surface area contributed by atoms with Gasteiger partial charge in [0.05, 0.1) is 10.7 Å². The van der Waals surface area contributed by atoms with E-state index >= 15 is 0 Å². The molecule has 0 aliphatic heterocycles. The van der Waals surface area contributed by atoms with E-state index in [1.165, 1.54) is 23.9 Å². The van der Waals surface area contributed by atoms with Crippen LogP contribution >= 0.6 is 11.8 Å². The van der Waals surface area contributed by atoms with Crippen LogP contribution in [0.3, 0.4) is 0 Å². The SMILES string of the molecule is Cc1ccccc1-c1nnc(SCc2nc(-c3cccc([N+](=O)[O-])c3)no2)n1C. The lowest BCUT2D eigenvalue weighted by Gasteiger charge is -2.05. The van der Waals surface area contributed by atoms with Crippen LogP contribution in [0, 0.1) is 17.0 Å². The van der Waals surface area contributed by atoms with Crippen LogP contribution in [0.5, 0.6) is 0 Å². The Balaban J connectivity index is 1.49. The zero-order chi connectivity index (χ0) is 20.4. The molecular formula is C19H16N6O3S. The van der Waals surface area contributed by atoms with Crippen molar-refractivity contribution >= 4 is 17.4 Å². The molecule has 146 valence electrons. The van der Waals surface area contributed by atoms with Gasteiger partial charge >= 0.3 is 0 Å². The van der Waals surface area contributed by atoms with Crippen LogP contribution in [0.2, 0.25) is 0 Å². The lowest BCUT2D eigenvalue weighted by atomic mass is 10.1. The van der Waals surface area contributed by atoms with Crippen molar-refractivity contribution in [2.45, 2.75) is 17.8 Å². The van der Waals surface area contributed by atoms with Crippen LogP contribution in [0.15, 0.2) is 58.2 Å². The van der Waals surface area contributed by atoms with E-state index in [4.69, 9.17) is 4.52 Å². The van der Waals surface area contributed by atoms with Crippen molar-refractivity contribution in [3.05, 3.63) is 70.1 Å². The monoisotopic (exact) mass is 408 g/mol. The minimum Gasteiger partial charge on any atom is -0.338 e. The minimum absolute atomic E-state index is 0.0222. The van der Waals surface area contributed by atoms with Gasteiger partial charge in [0.1, 0.15) is 0 Å². The molecule has 4 rings (SSSR count). The second-order valence-electron chi connectivity index (χ2n) is 6.29. The van der Waals surface area contributed by atoms with E-state index < -0.39 is 4.92 Å². The quantitative estimate of drug-likeness (QED) is 0.267. The average molecular weight is 408 g/mol. The number of benzene rings is 2. The maximum absolute atomic E-state index is 10.9. The predicted octanol–water partition coefficient (Wildman–Crippen LogP) is 4.04. The van der Waals surface area contributed by atoms with Gasteiger partial charge in [-0.15, -0.1) is 10.2 Å². The molecule has 4 aromatic rings. The van der Waals surface area contributed by atoms with Gasteiger partial charge in [-0.3, -0.25) is 10.1 Å². The minimum atomic E-state index is -0.458. The highest BCUT2D eigenvalue weighted by atomic mass is 32.2. The first-order chi connectivity index (χ1) is 14.0. The molecule has 0 radical (unpaired) electrons. The molecular weight excluding hydrogens is 392 g/mol. The van der Waals surface area contributed by atoms with Crippen molar-refractivity contribution in [3.63, 3.8) is 0 Å². The maximum Gasteiger partial charge on any atom is 0.270 e. The van der Waals surface area contributed by atoms with Crippen LogP contribution in [-0.2, 0) is 12.8 Å². The number of nitro benzene ring substituents is 1. The Morgan fingerprint density at radius 3 is 2.79 bits per heavy atom. The molecule has 2 heterocycles. The normalized spacial score (nSPS) is 11.0. The maximum atomic E-state index is 10.9. The Bertz CT molecular complexity index is 1190. The van der Waals surface area contributed by atoms with Gasteiger partial charge in [-0.05, 0) is 12.5 Å². The van der Waals surface area contributed by atoms with E-state index in [9.17, 15) is 10.1 Å². The molecule has 0 fully saturated rings. The van der Waals surface area contributed by atoms with Crippen molar-refractivity contribution in [2.24, 2.45) is 7.05 Å². The molecule has 2 aromatic carbocycles. The summed E-state index contributed by atoms with van der Waals surface area (Å²) in [4.78, 5) is 14.8. The summed E-state index contributed by atoms with van der Waals surface area (Å²) in [5.74, 6) is 1.90. The summed E-state index contributed by atoms with van der Waals surface area (Å²) < 4.78 is 7.20. The number of nitro groups is 1. The molecule has 0 aliphatic carbocycles. The van der Waals surface area contributed by atoms with Crippen molar-refractivity contribution in [2.75, 3.05) is 0 Å². The Morgan fingerprint density at radius 1 is 1.17 bits per heavy atom. The van der Waals surface area contributed by atoms with Crippen LogP contribution < -0.4 is 0 Å². The Kier molecular flexibility index (Phi) is 5.09. The molecule has 0 saturated carbocycles. The molecule has 2 aromatic heterocycles. The molecule has 0 aliphatic rings. The smallest absolute Gasteiger partial charge is 0.270 e. The van der Waals surface area contributed by atoms with Gasteiger partial charge in [0.25, 0.3) is 5.69 Å². The zero-order valence-corrected chi connectivity index (χ0v) is 16.5. The second kappa shape index (κ2) is 7.84. The molecule has 29 heavy (non-hydrogen) atoms. The largest absolute Gasteiger partial charge is 0.338 e. The number of aromatic nitrogens is 5. The Morgan fingerprint density at radius 2 is 2.00 bits per heavy atom. The van der Waals surface area contributed by atoms with Gasteiger partial charge in [0.2, 0.25) is 11.7 Å². The van der Waals surface area contributed by atoms with Crippen molar-refractivity contribution in [1.82, 2.24) is 24.9 Å². The number of hydrogen-bond acceptors (Lipinski definition) is 8. The molecule has 0 saturated heterocycles. The highest BCUT2D eigenvalue weighted by molar-refractivity contribution is 7.98. The first kappa shape index (κ1) is 18.8. The third-order valence-electron chi connectivity index (χ3n) is 4.33. The van der Waals surface area contributed by atoms with E-state index in [0.29, 0.717) is 23.0 Å². The van der Waals surface area contributed by atoms with E-state index in [-0.39, 0.29) is 5.69 Å². The van der Waals surface area contributed by atoms with Gasteiger partial charge in [0.15, 0.2) is 11.0 Å². The number of hydrogen-bond donors (Lipinski definition) is 0. The summed E-state index contributed by atoms with van der Waals surface area (Å²) in [6.07, 6.45) is 0. The highest BCUT2D eigenvalue weighted by Gasteiger charge is 2.16. The van der Waals surface area contributed by atoms with Gasteiger partial charge in [-0.2, -0.15) is 4.98 Å². The van der Waals surface area contributed by atoms with Crippen LogP contribution in [-0.4, -0.2) is 29.8 Å².